The fourth-order valence-corrected chi connectivity index (χ4v) is 5.58. The molecular formula is C31H33F3N2O. The van der Waals surface area contributed by atoms with E-state index >= 15 is 8.78 Å². The average Bonchev–Trinajstić information content (AvgIpc) is 3.24. The summed E-state index contributed by atoms with van der Waals surface area (Å²) in [5, 5.41) is 0. The number of ether oxygens (including phenoxy) is 1. The van der Waals surface area contributed by atoms with Crippen molar-refractivity contribution in [2.75, 3.05) is 32.0 Å². The summed E-state index contributed by atoms with van der Waals surface area (Å²) in [5.41, 5.74) is 11.4. The van der Waals surface area contributed by atoms with Gasteiger partial charge in [0, 0.05) is 25.2 Å². The van der Waals surface area contributed by atoms with Crippen LogP contribution < -0.4 is 10.5 Å². The number of anilines is 1. The largest absolute Gasteiger partial charge is 0.489 e. The lowest BCUT2D eigenvalue weighted by Gasteiger charge is -2.19. The fourth-order valence-electron chi connectivity index (χ4n) is 5.58. The molecule has 194 valence electrons. The van der Waals surface area contributed by atoms with E-state index in [2.05, 4.69) is 4.90 Å². The van der Waals surface area contributed by atoms with Crippen LogP contribution in [-0.2, 0) is 6.42 Å². The molecule has 5 rings (SSSR count). The third kappa shape index (κ3) is 5.40. The second-order valence-electron chi connectivity index (χ2n) is 10.1. The van der Waals surface area contributed by atoms with Crippen LogP contribution in [0.15, 0.2) is 54.6 Å². The Hall–Kier alpha value is -3.25. The first-order valence-electron chi connectivity index (χ1n) is 13.1. The predicted molar refractivity (Wildman–Crippen MR) is 143 cm³/mol. The van der Waals surface area contributed by atoms with Gasteiger partial charge in [0.2, 0.25) is 0 Å². The number of nitrogens with two attached hydrogens (primary N) is 1. The number of fused-ring (bicyclic) bond motifs is 1. The van der Waals surface area contributed by atoms with Crippen LogP contribution in [0, 0.1) is 18.6 Å². The van der Waals surface area contributed by atoms with Gasteiger partial charge in [-0.15, -0.1) is 0 Å². The van der Waals surface area contributed by atoms with Crippen LogP contribution >= 0.6 is 0 Å². The second kappa shape index (κ2) is 11.0. The lowest BCUT2D eigenvalue weighted by molar-refractivity contribution is 0.198. The number of hydrogen-bond acceptors (Lipinski definition) is 3. The van der Waals surface area contributed by atoms with Crippen molar-refractivity contribution in [2.45, 2.75) is 45.1 Å². The van der Waals surface area contributed by atoms with Crippen molar-refractivity contribution in [2.24, 2.45) is 0 Å². The molecule has 3 aromatic rings. The highest BCUT2D eigenvalue weighted by Crippen LogP contribution is 2.42. The van der Waals surface area contributed by atoms with Crippen molar-refractivity contribution in [3.8, 4) is 5.75 Å². The molecular weight excluding hydrogens is 473 g/mol. The molecule has 1 fully saturated rings. The highest BCUT2D eigenvalue weighted by atomic mass is 19.1. The van der Waals surface area contributed by atoms with E-state index in [9.17, 15) is 4.39 Å². The minimum Gasteiger partial charge on any atom is -0.489 e. The van der Waals surface area contributed by atoms with Crippen molar-refractivity contribution in [1.82, 2.24) is 4.90 Å². The molecule has 2 aliphatic rings. The maximum Gasteiger partial charge on any atom is 0.149 e. The molecule has 2 N–H and O–H groups in total. The number of hydrogen-bond donors (Lipinski definition) is 1. The number of nitrogens with zero attached hydrogens (tertiary/aromatic N) is 1. The monoisotopic (exact) mass is 506 g/mol. The van der Waals surface area contributed by atoms with Crippen molar-refractivity contribution in [3.05, 3.63) is 94.0 Å². The lowest BCUT2D eigenvalue weighted by Crippen LogP contribution is -2.26. The van der Waals surface area contributed by atoms with Gasteiger partial charge in [-0.3, -0.25) is 9.29 Å². The molecule has 0 amide bonds. The van der Waals surface area contributed by atoms with E-state index in [4.69, 9.17) is 10.5 Å². The van der Waals surface area contributed by atoms with Crippen LogP contribution in [0.3, 0.4) is 0 Å². The first kappa shape index (κ1) is 25.4. The Kier molecular flexibility index (Phi) is 7.56. The number of nitrogen functional groups attached to an aromatic ring is 1. The van der Waals surface area contributed by atoms with E-state index in [-0.39, 0.29) is 30.1 Å². The number of benzene rings is 3. The van der Waals surface area contributed by atoms with Gasteiger partial charge in [0.15, 0.2) is 0 Å². The molecule has 0 bridgehead atoms. The minimum atomic E-state index is -0.390. The Morgan fingerprint density at radius 1 is 1.00 bits per heavy atom. The SMILES string of the molecule is Cc1ccc(C2=C(c3ccc(O[C@H]4CCN(CCCF)C4)cc3)c3ccc(N)c(F)c3CCC2)c(F)c1. The highest BCUT2D eigenvalue weighted by Gasteiger charge is 2.26. The average molecular weight is 507 g/mol. The van der Waals surface area contributed by atoms with Crippen molar-refractivity contribution in [3.63, 3.8) is 0 Å². The smallest absolute Gasteiger partial charge is 0.149 e. The summed E-state index contributed by atoms with van der Waals surface area (Å²) in [5.74, 6) is 0.0894. The molecule has 1 saturated heterocycles. The van der Waals surface area contributed by atoms with Gasteiger partial charge in [-0.1, -0.05) is 30.3 Å². The number of alkyl halides is 1. The van der Waals surface area contributed by atoms with Crippen LogP contribution in [0.1, 0.15) is 53.5 Å². The zero-order chi connectivity index (χ0) is 25.9. The van der Waals surface area contributed by atoms with Crippen LogP contribution in [0.25, 0.3) is 11.1 Å². The molecule has 3 nitrogen and oxygen atoms in total. The van der Waals surface area contributed by atoms with Gasteiger partial charge >= 0.3 is 0 Å². The Morgan fingerprint density at radius 3 is 2.54 bits per heavy atom. The molecule has 0 saturated carbocycles. The van der Waals surface area contributed by atoms with Gasteiger partial charge in [-0.25, -0.2) is 8.78 Å². The molecule has 1 aliphatic heterocycles. The highest BCUT2D eigenvalue weighted by molar-refractivity contribution is 6.00. The fraction of sp³-hybridized carbons (Fsp3) is 0.355. The zero-order valence-electron chi connectivity index (χ0n) is 21.2. The van der Waals surface area contributed by atoms with Crippen molar-refractivity contribution < 1.29 is 17.9 Å². The molecule has 0 aromatic heterocycles. The van der Waals surface area contributed by atoms with Crippen molar-refractivity contribution in [1.29, 1.82) is 0 Å². The molecule has 1 atom stereocenters. The van der Waals surface area contributed by atoms with Gasteiger partial charge in [-0.2, -0.15) is 0 Å². The number of likely N-dealkylation sites (tertiary alicyclic amines) is 1. The third-order valence-corrected chi connectivity index (χ3v) is 7.43. The molecule has 1 heterocycles. The summed E-state index contributed by atoms with van der Waals surface area (Å²) in [4.78, 5) is 2.23. The molecule has 6 heteroatoms. The first-order chi connectivity index (χ1) is 17.9. The summed E-state index contributed by atoms with van der Waals surface area (Å²) >= 11 is 0. The van der Waals surface area contributed by atoms with Gasteiger partial charge in [0.1, 0.15) is 23.5 Å². The van der Waals surface area contributed by atoms with Crippen LogP contribution in [0.4, 0.5) is 18.9 Å². The normalized spacial score (nSPS) is 18.1. The van der Waals surface area contributed by atoms with Crippen LogP contribution in [0.5, 0.6) is 5.75 Å². The Balaban J connectivity index is 1.51. The Morgan fingerprint density at radius 2 is 1.78 bits per heavy atom. The summed E-state index contributed by atoms with van der Waals surface area (Å²) < 4.78 is 49.1. The van der Waals surface area contributed by atoms with Crippen LogP contribution in [0.2, 0.25) is 0 Å². The third-order valence-electron chi connectivity index (χ3n) is 7.43. The number of aryl methyl sites for hydroxylation is 1. The first-order valence-corrected chi connectivity index (χ1v) is 13.1. The Bertz CT molecular complexity index is 1300. The van der Waals surface area contributed by atoms with E-state index < -0.39 is 0 Å². The second-order valence-corrected chi connectivity index (χ2v) is 10.1. The quantitative estimate of drug-likeness (QED) is 0.352. The standard InChI is InChI=1S/C31H33F3N2O/c1-20-6-11-24(28(33)18-20)25-4-2-5-27-26(12-13-29(35)31(27)34)30(25)21-7-9-22(10-8-21)37-23-14-17-36(19-23)16-3-15-32/h6-13,18,23H,2-5,14-17,19,35H2,1H3/t23-/m0/s1. The number of halogens is 3. The maximum atomic E-state index is 15.2. The van der Waals surface area contributed by atoms with E-state index in [0.29, 0.717) is 36.8 Å². The van der Waals surface area contributed by atoms with E-state index in [0.717, 1.165) is 59.6 Å². The topological polar surface area (TPSA) is 38.5 Å². The predicted octanol–water partition coefficient (Wildman–Crippen LogP) is 6.96. The summed E-state index contributed by atoms with van der Waals surface area (Å²) in [7, 11) is 0. The molecule has 3 aromatic carbocycles. The van der Waals surface area contributed by atoms with Crippen LogP contribution in [-0.4, -0.2) is 37.3 Å². The molecule has 1 aliphatic carbocycles. The zero-order valence-corrected chi connectivity index (χ0v) is 21.2. The minimum absolute atomic E-state index is 0.0672. The van der Waals surface area contributed by atoms with Gasteiger partial charge < -0.3 is 10.5 Å². The van der Waals surface area contributed by atoms with E-state index in [1.807, 2.05) is 49.4 Å². The number of rotatable bonds is 7. The molecule has 37 heavy (non-hydrogen) atoms. The summed E-state index contributed by atoms with van der Waals surface area (Å²) in [6.45, 7) is 4.02. The van der Waals surface area contributed by atoms with Gasteiger partial charge in [0.25, 0.3) is 0 Å². The van der Waals surface area contributed by atoms with E-state index in [1.165, 1.54) is 0 Å². The summed E-state index contributed by atoms with van der Waals surface area (Å²) in [6.07, 6.45) is 3.38. The van der Waals surface area contributed by atoms with Gasteiger partial charge in [0.05, 0.1) is 12.4 Å². The molecule has 0 spiro atoms. The molecule has 0 radical (unpaired) electrons. The molecule has 0 unspecified atom stereocenters. The lowest BCUT2D eigenvalue weighted by atomic mass is 9.87. The number of allylic oxidation sites excluding steroid dienone is 1. The summed E-state index contributed by atoms with van der Waals surface area (Å²) in [6, 6.07) is 16.5. The van der Waals surface area contributed by atoms with E-state index in [1.54, 1.807) is 12.1 Å². The van der Waals surface area contributed by atoms with Crippen molar-refractivity contribution >= 4 is 16.8 Å². The Labute approximate surface area is 216 Å². The maximum absolute atomic E-state index is 15.2. The van der Waals surface area contributed by atoms with Gasteiger partial charge in [-0.05, 0) is 96.7 Å².